The van der Waals surface area contributed by atoms with Gasteiger partial charge in [-0.25, -0.2) is 4.98 Å². The molecule has 0 amide bonds. The highest BCUT2D eigenvalue weighted by molar-refractivity contribution is 5.95. The molecule has 0 spiro atoms. The first-order valence-electron chi connectivity index (χ1n) is 8.58. The summed E-state index contributed by atoms with van der Waals surface area (Å²) in [6.07, 6.45) is 0. The fourth-order valence-corrected chi connectivity index (χ4v) is 3.18. The van der Waals surface area contributed by atoms with Gasteiger partial charge in [-0.05, 0) is 47.9 Å². The Morgan fingerprint density at radius 3 is 2.35 bits per heavy atom. The van der Waals surface area contributed by atoms with Crippen molar-refractivity contribution < 1.29 is 4.42 Å². The zero-order valence-electron chi connectivity index (χ0n) is 14.0. The minimum atomic E-state index is 0.642. The molecule has 1 N–H and O–H groups in total. The highest BCUT2D eigenvalue weighted by Crippen LogP contribution is 2.29. The normalized spacial score (nSPS) is 11.1. The van der Waals surface area contributed by atoms with Crippen LogP contribution in [0.3, 0.4) is 0 Å². The third kappa shape index (κ3) is 2.60. The molecule has 0 aliphatic heterocycles. The van der Waals surface area contributed by atoms with Crippen LogP contribution < -0.4 is 5.32 Å². The number of nitrogens with one attached hydrogen (secondary N) is 1. The van der Waals surface area contributed by atoms with Gasteiger partial charge in [0, 0.05) is 22.3 Å². The lowest BCUT2D eigenvalue weighted by Gasteiger charge is -2.10. The smallest absolute Gasteiger partial charge is 0.227 e. The van der Waals surface area contributed by atoms with E-state index in [-0.39, 0.29) is 0 Å². The first-order chi connectivity index (χ1) is 12.9. The average molecular weight is 336 g/mol. The fraction of sp³-hybridized carbons (Fsp3) is 0. The number of para-hydroxylation sites is 2. The van der Waals surface area contributed by atoms with Crippen molar-refractivity contribution in [3.05, 3.63) is 91.0 Å². The van der Waals surface area contributed by atoms with Crippen LogP contribution in [0.15, 0.2) is 95.4 Å². The largest absolute Gasteiger partial charge is 0.436 e. The van der Waals surface area contributed by atoms with Gasteiger partial charge < -0.3 is 9.73 Å². The molecule has 0 saturated carbocycles. The van der Waals surface area contributed by atoms with Gasteiger partial charge in [0.25, 0.3) is 0 Å². The van der Waals surface area contributed by atoms with E-state index in [1.807, 2.05) is 48.5 Å². The molecule has 124 valence electrons. The SMILES string of the molecule is c1ccc2c(Nc3ccc(-c4nc5ccccc5o4)cc3)cccc2c1. The molecule has 0 unspecified atom stereocenters. The molecule has 0 radical (unpaired) electrons. The van der Waals surface area contributed by atoms with Gasteiger partial charge in [-0.1, -0.05) is 48.5 Å². The summed E-state index contributed by atoms with van der Waals surface area (Å²) >= 11 is 0. The molecule has 0 saturated heterocycles. The van der Waals surface area contributed by atoms with Crippen molar-refractivity contribution in [1.82, 2.24) is 4.98 Å². The molecule has 0 aliphatic rings. The van der Waals surface area contributed by atoms with Crippen molar-refractivity contribution in [3.63, 3.8) is 0 Å². The minimum absolute atomic E-state index is 0.642. The van der Waals surface area contributed by atoms with Crippen LogP contribution in [0.4, 0.5) is 11.4 Å². The molecule has 3 nitrogen and oxygen atoms in total. The first-order valence-corrected chi connectivity index (χ1v) is 8.58. The van der Waals surface area contributed by atoms with Crippen molar-refractivity contribution in [2.45, 2.75) is 0 Å². The lowest BCUT2D eigenvalue weighted by atomic mass is 10.1. The summed E-state index contributed by atoms with van der Waals surface area (Å²) in [5, 5.41) is 5.93. The third-order valence-corrected chi connectivity index (χ3v) is 4.49. The third-order valence-electron chi connectivity index (χ3n) is 4.49. The minimum Gasteiger partial charge on any atom is -0.436 e. The molecule has 0 aliphatic carbocycles. The number of hydrogen-bond acceptors (Lipinski definition) is 3. The predicted octanol–water partition coefficient (Wildman–Crippen LogP) is 6.39. The molecule has 1 heterocycles. The second-order valence-electron chi connectivity index (χ2n) is 6.22. The van der Waals surface area contributed by atoms with E-state index in [1.165, 1.54) is 10.8 Å². The van der Waals surface area contributed by atoms with E-state index >= 15 is 0 Å². The molecular weight excluding hydrogens is 320 g/mol. The fourth-order valence-electron chi connectivity index (χ4n) is 3.18. The van der Waals surface area contributed by atoms with Crippen molar-refractivity contribution >= 4 is 33.2 Å². The lowest BCUT2D eigenvalue weighted by molar-refractivity contribution is 0.620. The zero-order chi connectivity index (χ0) is 17.3. The van der Waals surface area contributed by atoms with Crippen LogP contribution in [0.25, 0.3) is 33.3 Å². The summed E-state index contributed by atoms with van der Waals surface area (Å²) in [5.41, 5.74) is 4.77. The molecule has 5 aromatic rings. The molecule has 3 heteroatoms. The summed E-state index contributed by atoms with van der Waals surface area (Å²) < 4.78 is 5.84. The molecule has 0 bridgehead atoms. The van der Waals surface area contributed by atoms with E-state index in [4.69, 9.17) is 4.42 Å². The molecule has 0 fully saturated rings. The quantitative estimate of drug-likeness (QED) is 0.415. The maximum absolute atomic E-state index is 5.84. The number of oxazole rings is 1. The molecular formula is C23H16N2O. The Labute approximate surface area is 150 Å². The maximum Gasteiger partial charge on any atom is 0.227 e. The Kier molecular flexibility index (Phi) is 3.42. The van der Waals surface area contributed by atoms with Gasteiger partial charge in [-0.15, -0.1) is 0 Å². The number of fused-ring (bicyclic) bond motifs is 2. The van der Waals surface area contributed by atoms with Crippen LogP contribution in [-0.2, 0) is 0 Å². The number of aromatic nitrogens is 1. The predicted molar refractivity (Wildman–Crippen MR) is 107 cm³/mol. The van der Waals surface area contributed by atoms with E-state index in [0.717, 1.165) is 28.0 Å². The average Bonchev–Trinajstić information content (AvgIpc) is 3.13. The summed E-state index contributed by atoms with van der Waals surface area (Å²) in [6, 6.07) is 30.6. The van der Waals surface area contributed by atoms with Gasteiger partial charge in [0.05, 0.1) is 0 Å². The van der Waals surface area contributed by atoms with E-state index < -0.39 is 0 Å². The van der Waals surface area contributed by atoms with Crippen molar-refractivity contribution in [3.8, 4) is 11.5 Å². The van der Waals surface area contributed by atoms with Crippen molar-refractivity contribution in [2.24, 2.45) is 0 Å². The summed E-state index contributed by atoms with van der Waals surface area (Å²) in [6.45, 7) is 0. The lowest BCUT2D eigenvalue weighted by Crippen LogP contribution is -1.91. The maximum atomic E-state index is 5.84. The van der Waals surface area contributed by atoms with Gasteiger partial charge >= 0.3 is 0 Å². The number of benzene rings is 4. The van der Waals surface area contributed by atoms with Gasteiger partial charge in [0.15, 0.2) is 5.58 Å². The molecule has 4 aromatic carbocycles. The summed E-state index contributed by atoms with van der Waals surface area (Å²) in [7, 11) is 0. The Morgan fingerprint density at radius 1 is 0.692 bits per heavy atom. The van der Waals surface area contributed by atoms with Crippen molar-refractivity contribution in [1.29, 1.82) is 0 Å². The number of nitrogens with zero attached hydrogens (tertiary/aromatic N) is 1. The second kappa shape index (κ2) is 6.05. The van der Waals surface area contributed by atoms with Crippen LogP contribution in [-0.4, -0.2) is 4.98 Å². The first kappa shape index (κ1) is 14.7. The molecule has 5 rings (SSSR count). The van der Waals surface area contributed by atoms with Crippen LogP contribution in [0, 0.1) is 0 Å². The highest BCUT2D eigenvalue weighted by atomic mass is 16.3. The monoisotopic (exact) mass is 336 g/mol. The Hall–Kier alpha value is -3.59. The second-order valence-corrected chi connectivity index (χ2v) is 6.22. The molecule has 0 atom stereocenters. The highest BCUT2D eigenvalue weighted by Gasteiger charge is 2.08. The van der Waals surface area contributed by atoms with Crippen LogP contribution in [0.2, 0.25) is 0 Å². The van der Waals surface area contributed by atoms with E-state index in [9.17, 15) is 0 Å². The van der Waals surface area contributed by atoms with Crippen LogP contribution in [0.5, 0.6) is 0 Å². The standard InChI is InChI=1S/C23H16N2O/c1-2-8-19-16(6-1)7-5-10-20(19)24-18-14-12-17(13-15-18)23-25-21-9-3-4-11-22(21)26-23/h1-15,24H. The Balaban J connectivity index is 1.46. The Morgan fingerprint density at radius 2 is 1.46 bits per heavy atom. The van der Waals surface area contributed by atoms with E-state index in [1.54, 1.807) is 0 Å². The van der Waals surface area contributed by atoms with E-state index in [0.29, 0.717) is 5.89 Å². The molecule has 26 heavy (non-hydrogen) atoms. The number of hydrogen-bond donors (Lipinski definition) is 1. The number of anilines is 2. The van der Waals surface area contributed by atoms with Crippen LogP contribution in [0.1, 0.15) is 0 Å². The molecule has 1 aromatic heterocycles. The summed E-state index contributed by atoms with van der Waals surface area (Å²) in [4.78, 5) is 4.55. The Bertz CT molecular complexity index is 1170. The van der Waals surface area contributed by atoms with Gasteiger partial charge in [-0.2, -0.15) is 0 Å². The van der Waals surface area contributed by atoms with Gasteiger partial charge in [0.2, 0.25) is 5.89 Å². The van der Waals surface area contributed by atoms with Crippen molar-refractivity contribution in [2.75, 3.05) is 5.32 Å². The van der Waals surface area contributed by atoms with E-state index in [2.05, 4.69) is 52.8 Å². The van der Waals surface area contributed by atoms with Gasteiger partial charge in [0.1, 0.15) is 5.52 Å². The number of rotatable bonds is 3. The van der Waals surface area contributed by atoms with Crippen LogP contribution >= 0.6 is 0 Å². The summed E-state index contributed by atoms with van der Waals surface area (Å²) in [5.74, 6) is 0.642. The topological polar surface area (TPSA) is 38.1 Å². The van der Waals surface area contributed by atoms with Gasteiger partial charge in [-0.3, -0.25) is 0 Å². The zero-order valence-corrected chi connectivity index (χ0v) is 14.0.